The normalized spacial score (nSPS) is 16.4. The Balaban J connectivity index is 0.000000758. The molecule has 0 fully saturated rings. The van der Waals surface area contributed by atoms with E-state index in [1.165, 1.54) is 37.7 Å². The van der Waals surface area contributed by atoms with Crippen molar-refractivity contribution in [2.24, 2.45) is 4.99 Å². The molecule has 1 unspecified atom stereocenters. The third-order valence-electron chi connectivity index (χ3n) is 9.51. The molecule has 11 rings (SSSR count). The average molecular weight is 666 g/mol. The van der Waals surface area contributed by atoms with Gasteiger partial charge in [-0.2, -0.15) is 0 Å². The number of ether oxygens (including phenoxy) is 2. The number of anilines is 1. The van der Waals surface area contributed by atoms with E-state index in [2.05, 4.69) is 102 Å². The molecule has 8 aromatic rings. The average Bonchev–Trinajstić information content (AvgIpc) is 3.15. The second kappa shape index (κ2) is 10.7. The van der Waals surface area contributed by atoms with Crippen molar-refractivity contribution in [1.29, 1.82) is 0 Å². The van der Waals surface area contributed by atoms with E-state index in [-0.39, 0.29) is 0 Å². The second-order valence-corrected chi connectivity index (χ2v) is 12.6. The predicted molar refractivity (Wildman–Crippen MR) is 205 cm³/mol. The van der Waals surface area contributed by atoms with Crippen LogP contribution in [0.4, 0.5) is 11.4 Å². The van der Waals surface area contributed by atoms with Crippen molar-refractivity contribution >= 4 is 105 Å². The van der Waals surface area contributed by atoms with Crippen LogP contribution in [0, 0.1) is 0 Å². The highest BCUT2D eigenvalue weighted by molar-refractivity contribution is 6.49. The van der Waals surface area contributed by atoms with E-state index in [1.807, 2.05) is 27.7 Å². The number of nitrogens with zero attached hydrogens (tertiary/aromatic N) is 1. The maximum Gasteiger partial charge on any atom is 0.171 e. The SMILES string of the molecule is CC.CC.ClC1=C2Oc3cc4ccc5cccc6ccc(c3NC2C(Cl)=C2Oc3cc7ccc8cccc9ccc(c3N=C12)c7c89)c4c56. The van der Waals surface area contributed by atoms with Gasteiger partial charge in [-0.1, -0.05) is 136 Å². The van der Waals surface area contributed by atoms with Crippen molar-refractivity contribution in [3.8, 4) is 11.5 Å². The van der Waals surface area contributed by atoms with Gasteiger partial charge < -0.3 is 14.8 Å². The molecule has 1 N–H and O–H groups in total. The molecule has 1 atom stereocenters. The molecular formula is C42H30Cl2N2O2. The first kappa shape index (κ1) is 29.1. The van der Waals surface area contributed by atoms with Gasteiger partial charge in [0.1, 0.15) is 22.5 Å². The molecule has 0 amide bonds. The molecule has 6 heteroatoms. The van der Waals surface area contributed by atoms with E-state index >= 15 is 0 Å². The van der Waals surface area contributed by atoms with E-state index in [0.29, 0.717) is 38.8 Å². The molecule has 3 aliphatic rings. The fraction of sp³-hybridized carbons (Fsp3) is 0.119. The predicted octanol–water partition coefficient (Wildman–Crippen LogP) is 12.8. The summed E-state index contributed by atoms with van der Waals surface area (Å²) >= 11 is 14.3. The number of benzene rings is 8. The number of halogens is 2. The molecule has 8 aromatic carbocycles. The Morgan fingerprint density at radius 2 is 1.10 bits per heavy atom. The Morgan fingerprint density at radius 3 is 1.73 bits per heavy atom. The van der Waals surface area contributed by atoms with Gasteiger partial charge in [0.15, 0.2) is 23.0 Å². The first-order valence-electron chi connectivity index (χ1n) is 16.5. The molecule has 234 valence electrons. The smallest absolute Gasteiger partial charge is 0.171 e. The van der Waals surface area contributed by atoms with Crippen molar-refractivity contribution in [2.45, 2.75) is 33.7 Å². The van der Waals surface area contributed by atoms with Crippen molar-refractivity contribution in [2.75, 3.05) is 5.32 Å². The summed E-state index contributed by atoms with van der Waals surface area (Å²) in [4.78, 5) is 5.12. The summed E-state index contributed by atoms with van der Waals surface area (Å²) in [5, 5.41) is 18.4. The molecule has 48 heavy (non-hydrogen) atoms. The zero-order valence-corrected chi connectivity index (χ0v) is 28.3. The largest absolute Gasteiger partial charge is 0.455 e. The fourth-order valence-corrected chi connectivity index (χ4v) is 8.15. The lowest BCUT2D eigenvalue weighted by molar-refractivity contribution is 0.380. The van der Waals surface area contributed by atoms with Crippen molar-refractivity contribution in [3.05, 3.63) is 119 Å². The monoisotopic (exact) mass is 664 g/mol. The summed E-state index contributed by atoms with van der Waals surface area (Å²) in [5.74, 6) is 2.32. The number of rotatable bonds is 0. The van der Waals surface area contributed by atoms with E-state index in [4.69, 9.17) is 37.7 Å². The van der Waals surface area contributed by atoms with Crippen molar-refractivity contribution in [1.82, 2.24) is 0 Å². The van der Waals surface area contributed by atoms with Gasteiger partial charge in [-0.05, 0) is 66.0 Å². The van der Waals surface area contributed by atoms with Gasteiger partial charge in [0.2, 0.25) is 0 Å². The van der Waals surface area contributed by atoms with Crippen LogP contribution in [0.5, 0.6) is 11.5 Å². The Hall–Kier alpha value is -5.03. The topological polar surface area (TPSA) is 42.8 Å². The third-order valence-corrected chi connectivity index (χ3v) is 10.3. The van der Waals surface area contributed by atoms with Crippen LogP contribution in [0.2, 0.25) is 0 Å². The van der Waals surface area contributed by atoms with Gasteiger partial charge in [-0.3, -0.25) is 0 Å². The van der Waals surface area contributed by atoms with E-state index in [9.17, 15) is 0 Å². The maximum absolute atomic E-state index is 7.17. The minimum Gasteiger partial charge on any atom is -0.455 e. The number of hydrogen-bond acceptors (Lipinski definition) is 4. The number of hydrogen-bond donors (Lipinski definition) is 1. The Morgan fingerprint density at radius 1 is 0.583 bits per heavy atom. The van der Waals surface area contributed by atoms with Crippen LogP contribution in [-0.4, -0.2) is 11.8 Å². The molecule has 0 saturated heterocycles. The first-order valence-corrected chi connectivity index (χ1v) is 17.3. The second-order valence-electron chi connectivity index (χ2n) is 11.8. The summed E-state index contributed by atoms with van der Waals surface area (Å²) in [7, 11) is 0. The summed E-state index contributed by atoms with van der Waals surface area (Å²) in [6, 6.07) is 33.6. The summed E-state index contributed by atoms with van der Waals surface area (Å²) < 4.78 is 13.2. The summed E-state index contributed by atoms with van der Waals surface area (Å²) in [6.07, 6.45) is 0. The van der Waals surface area contributed by atoms with E-state index < -0.39 is 6.04 Å². The van der Waals surface area contributed by atoms with Crippen LogP contribution in [0.25, 0.3) is 64.6 Å². The van der Waals surface area contributed by atoms with Crippen LogP contribution in [-0.2, 0) is 0 Å². The number of allylic oxidation sites excluding steroid dienone is 1. The lowest BCUT2D eigenvalue weighted by Crippen LogP contribution is -2.37. The van der Waals surface area contributed by atoms with Gasteiger partial charge in [0.05, 0.1) is 10.7 Å². The summed E-state index contributed by atoms with van der Waals surface area (Å²) in [5.41, 5.74) is 2.10. The lowest BCUT2D eigenvalue weighted by atomic mass is 9.91. The fourth-order valence-electron chi connectivity index (χ4n) is 7.59. The van der Waals surface area contributed by atoms with Gasteiger partial charge in [0, 0.05) is 10.8 Å². The quantitative estimate of drug-likeness (QED) is 0.164. The first-order chi connectivity index (χ1) is 23.6. The zero-order valence-electron chi connectivity index (χ0n) is 26.8. The number of aliphatic imine (C=N–C) groups is 1. The van der Waals surface area contributed by atoms with Gasteiger partial charge >= 0.3 is 0 Å². The molecule has 0 radical (unpaired) electrons. The molecule has 0 spiro atoms. The van der Waals surface area contributed by atoms with Crippen molar-refractivity contribution in [3.63, 3.8) is 0 Å². The van der Waals surface area contributed by atoms with Gasteiger partial charge in [0.25, 0.3) is 0 Å². The Labute approximate surface area is 287 Å². The third kappa shape index (κ3) is 3.82. The highest BCUT2D eigenvalue weighted by atomic mass is 35.5. The molecule has 1 aliphatic carbocycles. The number of nitrogens with one attached hydrogen (secondary N) is 1. The summed E-state index contributed by atoms with van der Waals surface area (Å²) in [6.45, 7) is 8.00. The number of fused-ring (bicyclic) bond motifs is 6. The molecule has 0 aromatic heterocycles. The molecule has 0 saturated carbocycles. The van der Waals surface area contributed by atoms with Crippen molar-refractivity contribution < 1.29 is 9.47 Å². The minimum absolute atomic E-state index is 0.383. The van der Waals surface area contributed by atoms with E-state index in [1.54, 1.807) is 0 Å². The van der Waals surface area contributed by atoms with Gasteiger partial charge in [-0.25, -0.2) is 4.99 Å². The highest BCUT2D eigenvalue weighted by Crippen LogP contribution is 2.52. The highest BCUT2D eigenvalue weighted by Gasteiger charge is 2.42. The molecule has 4 nitrogen and oxygen atoms in total. The van der Waals surface area contributed by atoms with Crippen LogP contribution in [0.1, 0.15) is 27.7 Å². The molecule has 2 heterocycles. The molecule has 2 aliphatic heterocycles. The standard InChI is InChI=1S/C38H18Cl2N2O2.2C2H6/c39-31-35-37(43-25-15-21-9-7-17-3-1-5-19-11-13-23(33(25)41-35)29(21)27(17)19)32(40)36-38(31)44-26-16-22-10-8-18-4-2-6-20-12-14-24(34(26)42-36)30(22)28(18)20;2*1-2/h1-16,35,41H;2*1-2H3. The molecule has 0 bridgehead atoms. The van der Waals surface area contributed by atoms with Gasteiger partial charge in [-0.15, -0.1) is 0 Å². The molecular weight excluding hydrogens is 635 g/mol. The van der Waals surface area contributed by atoms with E-state index in [0.717, 1.165) is 38.3 Å². The maximum atomic E-state index is 7.17. The Bertz CT molecular complexity index is 2690. The lowest BCUT2D eigenvalue weighted by Gasteiger charge is -2.36. The minimum atomic E-state index is -0.518. The zero-order chi connectivity index (χ0) is 32.8. The van der Waals surface area contributed by atoms with Crippen LogP contribution in [0.3, 0.4) is 0 Å². The Kier molecular flexibility index (Phi) is 6.52. The van der Waals surface area contributed by atoms with Crippen LogP contribution in [0.15, 0.2) is 124 Å². The van der Waals surface area contributed by atoms with Crippen LogP contribution >= 0.6 is 23.2 Å². The van der Waals surface area contributed by atoms with Crippen LogP contribution < -0.4 is 14.8 Å².